The molecule has 4 nitrogen and oxygen atoms in total. The van der Waals surface area contributed by atoms with Gasteiger partial charge in [0.2, 0.25) is 5.78 Å². The van der Waals surface area contributed by atoms with Crippen molar-refractivity contribution in [1.29, 1.82) is 0 Å². The Kier molecular flexibility index (Phi) is 4.53. The number of nitrogens with zero attached hydrogens (tertiary/aromatic N) is 2. The van der Waals surface area contributed by atoms with E-state index in [9.17, 15) is 4.79 Å². The number of halogens is 2. The minimum atomic E-state index is -0.833. The van der Waals surface area contributed by atoms with E-state index in [0.29, 0.717) is 27.8 Å². The summed E-state index contributed by atoms with van der Waals surface area (Å²) in [6.07, 6.45) is -0.146. The second-order valence-electron chi connectivity index (χ2n) is 7.03. The van der Waals surface area contributed by atoms with Gasteiger partial charge >= 0.3 is 0 Å². The lowest BCUT2D eigenvalue weighted by Crippen LogP contribution is -2.45. The Balaban J connectivity index is 1.55. The summed E-state index contributed by atoms with van der Waals surface area (Å²) in [7, 11) is 0. The van der Waals surface area contributed by atoms with E-state index >= 15 is 0 Å². The highest BCUT2D eigenvalue weighted by molar-refractivity contribution is 6.31. The van der Waals surface area contributed by atoms with Gasteiger partial charge in [0.05, 0.1) is 11.8 Å². The van der Waals surface area contributed by atoms with E-state index in [4.69, 9.17) is 33.0 Å². The summed E-state index contributed by atoms with van der Waals surface area (Å²) in [5, 5.41) is 7.83. The SMILES string of the molecule is O=C(c1ccc(Cl)cc1)[C@@H]1Oc2ccccc2[C@@H]2CC(c3ccc(Cl)cc3)=NN12. The minimum Gasteiger partial charge on any atom is -0.461 e. The zero-order valence-electron chi connectivity index (χ0n) is 15.3. The molecule has 3 aromatic carbocycles. The summed E-state index contributed by atoms with van der Waals surface area (Å²) in [6, 6.07) is 22.2. The van der Waals surface area contributed by atoms with Gasteiger partial charge in [0.25, 0.3) is 6.23 Å². The molecule has 144 valence electrons. The van der Waals surface area contributed by atoms with Crippen LogP contribution in [-0.2, 0) is 0 Å². The molecular formula is C23H16Cl2N2O2. The zero-order chi connectivity index (χ0) is 20.0. The first kappa shape index (κ1) is 18.2. The fraction of sp³-hybridized carbons (Fsp3) is 0.130. The van der Waals surface area contributed by atoms with E-state index in [-0.39, 0.29) is 11.8 Å². The van der Waals surface area contributed by atoms with Crippen molar-refractivity contribution < 1.29 is 9.53 Å². The van der Waals surface area contributed by atoms with E-state index in [0.717, 1.165) is 16.8 Å². The minimum absolute atomic E-state index is 0.0631. The molecule has 0 radical (unpaired) electrons. The molecule has 0 unspecified atom stereocenters. The number of benzene rings is 3. The van der Waals surface area contributed by atoms with Crippen molar-refractivity contribution >= 4 is 34.7 Å². The molecule has 0 saturated carbocycles. The van der Waals surface area contributed by atoms with Gasteiger partial charge in [-0.1, -0.05) is 53.5 Å². The molecule has 0 amide bonds. The molecule has 0 spiro atoms. The van der Waals surface area contributed by atoms with Crippen molar-refractivity contribution in [2.24, 2.45) is 5.10 Å². The predicted molar refractivity (Wildman–Crippen MR) is 114 cm³/mol. The van der Waals surface area contributed by atoms with Gasteiger partial charge in [-0.25, -0.2) is 5.01 Å². The molecule has 2 aliphatic rings. The van der Waals surface area contributed by atoms with Crippen molar-refractivity contribution in [3.8, 4) is 5.75 Å². The van der Waals surface area contributed by atoms with Gasteiger partial charge in [-0.2, -0.15) is 5.10 Å². The first-order valence-corrected chi connectivity index (χ1v) is 10.0. The third kappa shape index (κ3) is 3.28. The van der Waals surface area contributed by atoms with Crippen LogP contribution in [0.5, 0.6) is 5.75 Å². The van der Waals surface area contributed by atoms with Gasteiger partial charge in [0, 0.05) is 27.6 Å². The summed E-state index contributed by atoms with van der Waals surface area (Å²) in [5.41, 5.74) is 3.45. The van der Waals surface area contributed by atoms with E-state index in [1.54, 1.807) is 29.3 Å². The molecule has 0 aromatic heterocycles. The summed E-state index contributed by atoms with van der Waals surface area (Å²) in [5.74, 6) is 0.566. The highest BCUT2D eigenvalue weighted by atomic mass is 35.5. The quantitative estimate of drug-likeness (QED) is 0.504. The molecule has 5 rings (SSSR count). The van der Waals surface area contributed by atoms with Gasteiger partial charge in [-0.3, -0.25) is 4.79 Å². The van der Waals surface area contributed by atoms with Crippen LogP contribution in [0.4, 0.5) is 0 Å². The largest absolute Gasteiger partial charge is 0.461 e. The van der Waals surface area contributed by atoms with Crippen LogP contribution >= 0.6 is 23.2 Å². The van der Waals surface area contributed by atoms with Gasteiger partial charge in [0.1, 0.15) is 5.75 Å². The number of hydrazone groups is 1. The second-order valence-corrected chi connectivity index (χ2v) is 7.91. The van der Waals surface area contributed by atoms with E-state index in [1.807, 2.05) is 48.5 Å². The molecule has 0 fully saturated rings. The van der Waals surface area contributed by atoms with Crippen LogP contribution in [0.3, 0.4) is 0 Å². The number of para-hydroxylation sites is 1. The molecule has 0 saturated heterocycles. The van der Waals surface area contributed by atoms with Crippen LogP contribution in [0, 0.1) is 0 Å². The van der Waals surface area contributed by atoms with Gasteiger partial charge in [-0.15, -0.1) is 0 Å². The fourth-order valence-corrected chi connectivity index (χ4v) is 4.03. The number of hydrogen-bond acceptors (Lipinski definition) is 4. The smallest absolute Gasteiger partial charge is 0.251 e. The third-order valence-corrected chi connectivity index (χ3v) is 5.73. The fourth-order valence-electron chi connectivity index (χ4n) is 3.78. The Bertz CT molecular complexity index is 1110. The maximum Gasteiger partial charge on any atom is 0.251 e. The molecule has 6 heteroatoms. The van der Waals surface area contributed by atoms with Crippen molar-refractivity contribution in [3.05, 3.63) is 99.5 Å². The Labute approximate surface area is 178 Å². The third-order valence-electron chi connectivity index (χ3n) is 5.23. The number of fused-ring (bicyclic) bond motifs is 3. The highest BCUT2D eigenvalue weighted by Gasteiger charge is 2.43. The number of rotatable bonds is 3. The molecule has 0 bridgehead atoms. The van der Waals surface area contributed by atoms with Gasteiger partial charge in [0.15, 0.2) is 0 Å². The van der Waals surface area contributed by atoms with Crippen LogP contribution in [0.2, 0.25) is 10.0 Å². The molecule has 3 aromatic rings. The zero-order valence-corrected chi connectivity index (χ0v) is 16.8. The Morgan fingerprint density at radius 2 is 1.59 bits per heavy atom. The number of carbonyl (C=O) groups excluding carboxylic acids is 1. The summed E-state index contributed by atoms with van der Waals surface area (Å²) < 4.78 is 6.11. The Morgan fingerprint density at radius 1 is 0.931 bits per heavy atom. The number of hydrogen-bond donors (Lipinski definition) is 0. The van der Waals surface area contributed by atoms with Crippen LogP contribution in [0.15, 0.2) is 77.9 Å². The molecule has 0 aliphatic carbocycles. The van der Waals surface area contributed by atoms with Crippen molar-refractivity contribution in [1.82, 2.24) is 5.01 Å². The molecule has 2 aliphatic heterocycles. The van der Waals surface area contributed by atoms with Gasteiger partial charge in [-0.05, 0) is 48.0 Å². The molecule has 2 atom stereocenters. The average Bonchev–Trinajstić information content (AvgIpc) is 3.19. The number of ketones is 1. The average molecular weight is 423 g/mol. The lowest BCUT2D eigenvalue weighted by molar-refractivity contribution is -0.00455. The summed E-state index contributed by atoms with van der Waals surface area (Å²) >= 11 is 12.0. The highest BCUT2D eigenvalue weighted by Crippen LogP contribution is 2.43. The molecule has 0 N–H and O–H groups in total. The Morgan fingerprint density at radius 3 is 2.31 bits per heavy atom. The normalized spacial score (nSPS) is 19.8. The first-order chi connectivity index (χ1) is 14.1. The second kappa shape index (κ2) is 7.21. The topological polar surface area (TPSA) is 41.9 Å². The number of Topliss-reactive ketones (excluding diaryl/α,β-unsaturated/α-hetero) is 1. The van der Waals surface area contributed by atoms with Crippen LogP contribution in [0.25, 0.3) is 0 Å². The summed E-state index contributed by atoms with van der Waals surface area (Å²) in [4.78, 5) is 13.3. The maximum atomic E-state index is 13.3. The van der Waals surface area contributed by atoms with Crippen LogP contribution in [-0.4, -0.2) is 22.7 Å². The lowest BCUT2D eigenvalue weighted by Gasteiger charge is -2.37. The van der Waals surface area contributed by atoms with Crippen molar-refractivity contribution in [3.63, 3.8) is 0 Å². The molecule has 2 heterocycles. The molecule has 29 heavy (non-hydrogen) atoms. The van der Waals surface area contributed by atoms with E-state index in [2.05, 4.69) is 0 Å². The van der Waals surface area contributed by atoms with Crippen LogP contribution in [0.1, 0.15) is 33.9 Å². The van der Waals surface area contributed by atoms with E-state index < -0.39 is 6.23 Å². The van der Waals surface area contributed by atoms with E-state index in [1.165, 1.54) is 0 Å². The standard InChI is InChI=1S/C23H16Cl2N2O2/c24-16-9-5-14(6-10-16)19-13-20-18-3-1-2-4-21(18)29-23(27(20)26-19)22(28)15-7-11-17(25)12-8-15/h1-12,20,23H,13H2/t20-,23-/m0/s1. The number of ether oxygens (including phenoxy) is 1. The predicted octanol–water partition coefficient (Wildman–Crippen LogP) is 5.75. The Hall–Kier alpha value is -2.82. The van der Waals surface area contributed by atoms with Crippen molar-refractivity contribution in [2.45, 2.75) is 18.7 Å². The monoisotopic (exact) mass is 422 g/mol. The summed E-state index contributed by atoms with van der Waals surface area (Å²) in [6.45, 7) is 0. The maximum absolute atomic E-state index is 13.3. The lowest BCUT2D eigenvalue weighted by atomic mass is 9.96. The van der Waals surface area contributed by atoms with Crippen molar-refractivity contribution in [2.75, 3.05) is 0 Å². The number of carbonyl (C=O) groups is 1. The van der Waals surface area contributed by atoms with Crippen LogP contribution < -0.4 is 4.74 Å². The van der Waals surface area contributed by atoms with Gasteiger partial charge < -0.3 is 4.74 Å². The first-order valence-electron chi connectivity index (χ1n) is 9.27. The molecular weight excluding hydrogens is 407 g/mol.